The predicted octanol–water partition coefficient (Wildman–Crippen LogP) is 2.72. The molecule has 1 aliphatic rings. The summed E-state index contributed by atoms with van der Waals surface area (Å²) in [5.74, 6) is 0.202. The van der Waals surface area contributed by atoms with Gasteiger partial charge in [-0.05, 0) is 24.3 Å². The van der Waals surface area contributed by atoms with Crippen LogP contribution in [0.3, 0.4) is 0 Å². The number of piperidine rings is 1. The molecule has 1 aromatic rings. The lowest BCUT2D eigenvalue weighted by atomic mass is 9.91. The lowest BCUT2D eigenvalue weighted by Crippen LogP contribution is -2.47. The van der Waals surface area contributed by atoms with Gasteiger partial charge in [0.2, 0.25) is 11.8 Å². The Kier molecular flexibility index (Phi) is 6.81. The van der Waals surface area contributed by atoms with E-state index in [1.807, 2.05) is 62.9 Å². The fraction of sp³-hybridized carbons (Fsp3) is 0.619. The second-order valence-electron chi connectivity index (χ2n) is 8.48. The summed E-state index contributed by atoms with van der Waals surface area (Å²) in [5.41, 5.74) is 6.92. The lowest BCUT2D eigenvalue weighted by Gasteiger charge is -2.36. The summed E-state index contributed by atoms with van der Waals surface area (Å²) in [4.78, 5) is 26.9. The van der Waals surface area contributed by atoms with Gasteiger partial charge in [-0.1, -0.05) is 58.0 Å². The molecule has 1 aliphatic heterocycles. The summed E-state index contributed by atoms with van der Waals surface area (Å²) in [6.45, 7) is 9.72. The van der Waals surface area contributed by atoms with E-state index in [0.717, 1.165) is 24.9 Å². The zero-order valence-corrected chi connectivity index (χ0v) is 16.5. The molecule has 1 saturated heterocycles. The minimum atomic E-state index is -0.388. The summed E-state index contributed by atoms with van der Waals surface area (Å²) in [6, 6.07) is 9.47. The van der Waals surface area contributed by atoms with Gasteiger partial charge in [-0.25, -0.2) is 0 Å². The van der Waals surface area contributed by atoms with E-state index in [4.69, 9.17) is 5.73 Å². The highest BCUT2D eigenvalue weighted by atomic mass is 16.2. The summed E-state index contributed by atoms with van der Waals surface area (Å²) in [6.07, 6.45) is 2.00. The molecule has 3 N–H and O–H groups in total. The van der Waals surface area contributed by atoms with E-state index in [2.05, 4.69) is 5.32 Å². The first-order chi connectivity index (χ1) is 12.2. The third-order valence-electron chi connectivity index (χ3n) is 5.18. The summed E-state index contributed by atoms with van der Waals surface area (Å²) < 4.78 is 0. The van der Waals surface area contributed by atoms with Crippen molar-refractivity contribution in [1.29, 1.82) is 0 Å². The van der Waals surface area contributed by atoms with Crippen molar-refractivity contribution < 1.29 is 9.59 Å². The number of hydrogen-bond donors (Lipinski definition) is 2. The summed E-state index contributed by atoms with van der Waals surface area (Å²) >= 11 is 0. The Hall–Kier alpha value is -1.88. The van der Waals surface area contributed by atoms with Gasteiger partial charge in [0, 0.05) is 31.1 Å². The number of likely N-dealkylation sites (tertiary alicyclic amines) is 1. The highest BCUT2D eigenvalue weighted by molar-refractivity contribution is 5.81. The zero-order valence-electron chi connectivity index (χ0n) is 16.5. The van der Waals surface area contributed by atoms with E-state index in [-0.39, 0.29) is 29.2 Å². The Labute approximate surface area is 157 Å². The van der Waals surface area contributed by atoms with Crippen molar-refractivity contribution >= 4 is 11.8 Å². The van der Waals surface area contributed by atoms with Crippen molar-refractivity contribution in [3.05, 3.63) is 35.9 Å². The molecule has 2 amide bonds. The molecule has 0 aliphatic carbocycles. The maximum atomic E-state index is 12.9. The van der Waals surface area contributed by atoms with Gasteiger partial charge in [-0.3, -0.25) is 9.59 Å². The van der Waals surface area contributed by atoms with Crippen LogP contribution in [0.15, 0.2) is 30.3 Å². The van der Waals surface area contributed by atoms with Crippen molar-refractivity contribution in [3.63, 3.8) is 0 Å². The average Bonchev–Trinajstić information content (AvgIpc) is 2.64. The first-order valence-corrected chi connectivity index (χ1v) is 9.57. The molecule has 2 rings (SSSR count). The number of hydrogen-bond acceptors (Lipinski definition) is 3. The molecule has 0 radical (unpaired) electrons. The Balaban J connectivity index is 1.91. The van der Waals surface area contributed by atoms with Gasteiger partial charge >= 0.3 is 0 Å². The fourth-order valence-electron chi connectivity index (χ4n) is 3.34. The summed E-state index contributed by atoms with van der Waals surface area (Å²) in [7, 11) is 0. The molecule has 0 bridgehead atoms. The van der Waals surface area contributed by atoms with Crippen LogP contribution in [0.1, 0.15) is 52.1 Å². The van der Waals surface area contributed by atoms with E-state index < -0.39 is 0 Å². The molecule has 1 fully saturated rings. The van der Waals surface area contributed by atoms with Crippen LogP contribution in [-0.4, -0.2) is 36.3 Å². The van der Waals surface area contributed by atoms with Crippen LogP contribution in [0, 0.1) is 17.3 Å². The van der Waals surface area contributed by atoms with Gasteiger partial charge in [0.1, 0.15) is 0 Å². The largest absolute Gasteiger partial charge is 0.355 e. The first-order valence-electron chi connectivity index (χ1n) is 9.57. The van der Waals surface area contributed by atoms with Crippen LogP contribution >= 0.6 is 0 Å². The van der Waals surface area contributed by atoms with E-state index in [1.165, 1.54) is 0 Å². The molecule has 1 aromatic carbocycles. The topological polar surface area (TPSA) is 75.4 Å². The standard InChI is InChI=1S/C21H33N3O2/c1-15(18(22)17-10-6-5-7-11-17)19(25)24-12-8-9-16(14-24)13-23-20(26)21(2,3)4/h5-7,10-11,15-16,18H,8-9,12-14,22H2,1-4H3,(H,23,26). The second kappa shape index (κ2) is 8.67. The Morgan fingerprint density at radius 3 is 2.54 bits per heavy atom. The Morgan fingerprint density at radius 1 is 1.27 bits per heavy atom. The van der Waals surface area contributed by atoms with Crippen LogP contribution in [0.5, 0.6) is 0 Å². The molecule has 3 atom stereocenters. The number of nitrogens with two attached hydrogens (primary N) is 1. The number of nitrogens with one attached hydrogen (secondary N) is 1. The van der Waals surface area contributed by atoms with Gasteiger partial charge in [0.05, 0.1) is 5.92 Å². The van der Waals surface area contributed by atoms with Crippen LogP contribution in [-0.2, 0) is 9.59 Å². The van der Waals surface area contributed by atoms with E-state index in [9.17, 15) is 9.59 Å². The van der Waals surface area contributed by atoms with Gasteiger partial charge < -0.3 is 16.0 Å². The predicted molar refractivity (Wildman–Crippen MR) is 104 cm³/mol. The number of benzene rings is 1. The van der Waals surface area contributed by atoms with Crippen LogP contribution in [0.25, 0.3) is 0 Å². The maximum absolute atomic E-state index is 12.9. The summed E-state index contributed by atoms with van der Waals surface area (Å²) in [5, 5.41) is 3.03. The third-order valence-corrected chi connectivity index (χ3v) is 5.18. The molecule has 3 unspecified atom stereocenters. The van der Waals surface area contributed by atoms with Crippen molar-refractivity contribution in [2.75, 3.05) is 19.6 Å². The number of nitrogens with zero attached hydrogens (tertiary/aromatic N) is 1. The highest BCUT2D eigenvalue weighted by Crippen LogP contribution is 2.24. The second-order valence-corrected chi connectivity index (χ2v) is 8.48. The molecular formula is C21H33N3O2. The number of carbonyl (C=O) groups is 2. The van der Waals surface area contributed by atoms with Crippen LogP contribution in [0.4, 0.5) is 0 Å². The van der Waals surface area contributed by atoms with Crippen molar-refractivity contribution in [2.24, 2.45) is 23.0 Å². The first kappa shape index (κ1) is 20.4. The average molecular weight is 360 g/mol. The minimum absolute atomic E-state index is 0.0559. The maximum Gasteiger partial charge on any atom is 0.227 e. The molecule has 0 saturated carbocycles. The Morgan fingerprint density at radius 2 is 1.92 bits per heavy atom. The molecule has 0 aromatic heterocycles. The normalized spacial score (nSPS) is 20.3. The van der Waals surface area contributed by atoms with Crippen molar-refractivity contribution in [3.8, 4) is 0 Å². The highest BCUT2D eigenvalue weighted by Gasteiger charge is 2.31. The third kappa shape index (κ3) is 5.31. The molecule has 1 heterocycles. The van der Waals surface area contributed by atoms with Gasteiger partial charge in [0.15, 0.2) is 0 Å². The zero-order chi connectivity index (χ0) is 19.3. The van der Waals surface area contributed by atoms with Crippen molar-refractivity contribution in [1.82, 2.24) is 10.2 Å². The molecule has 5 heteroatoms. The SMILES string of the molecule is CC(C(=O)N1CCCC(CNC(=O)C(C)(C)C)C1)C(N)c1ccccc1. The van der Waals surface area contributed by atoms with E-state index in [0.29, 0.717) is 19.0 Å². The smallest absolute Gasteiger partial charge is 0.227 e. The van der Waals surface area contributed by atoms with Gasteiger partial charge in [0.25, 0.3) is 0 Å². The van der Waals surface area contributed by atoms with E-state index in [1.54, 1.807) is 0 Å². The number of amides is 2. The molecular weight excluding hydrogens is 326 g/mol. The Bertz CT molecular complexity index is 609. The van der Waals surface area contributed by atoms with Gasteiger partial charge in [-0.15, -0.1) is 0 Å². The molecule has 0 spiro atoms. The monoisotopic (exact) mass is 359 g/mol. The molecule has 144 valence electrons. The van der Waals surface area contributed by atoms with Crippen LogP contribution < -0.4 is 11.1 Å². The quantitative estimate of drug-likeness (QED) is 0.849. The number of carbonyl (C=O) groups excluding carboxylic acids is 2. The molecule has 5 nitrogen and oxygen atoms in total. The van der Waals surface area contributed by atoms with Crippen LogP contribution in [0.2, 0.25) is 0 Å². The number of rotatable bonds is 5. The van der Waals surface area contributed by atoms with Gasteiger partial charge in [-0.2, -0.15) is 0 Å². The van der Waals surface area contributed by atoms with E-state index >= 15 is 0 Å². The van der Waals surface area contributed by atoms with Crippen molar-refractivity contribution in [2.45, 2.75) is 46.6 Å². The lowest BCUT2D eigenvalue weighted by molar-refractivity contribution is -0.137. The minimum Gasteiger partial charge on any atom is -0.355 e. The fourth-order valence-corrected chi connectivity index (χ4v) is 3.34. The molecule has 26 heavy (non-hydrogen) atoms.